The minimum absolute atomic E-state index is 0.207. The molecule has 1 atom stereocenters. The molecule has 1 fully saturated rings. The van der Waals surface area contributed by atoms with E-state index < -0.39 is 16.0 Å². The van der Waals surface area contributed by atoms with Crippen LogP contribution in [-0.2, 0) is 34.5 Å². The molecular weight excluding hydrogens is 550 g/mol. The van der Waals surface area contributed by atoms with Crippen molar-refractivity contribution < 1.29 is 18.3 Å². The molecule has 42 heavy (non-hydrogen) atoms. The number of carboxylic acid groups (broad SMARTS) is 1. The van der Waals surface area contributed by atoms with Crippen LogP contribution in [0.3, 0.4) is 0 Å². The average Bonchev–Trinajstić information content (AvgIpc) is 2.97. The molecule has 0 spiro atoms. The van der Waals surface area contributed by atoms with Gasteiger partial charge in [0.05, 0.1) is 10.5 Å². The Balaban J connectivity index is 1.32. The number of benzene rings is 2. The number of rotatable bonds is 12. The van der Waals surface area contributed by atoms with Crippen LogP contribution in [0.4, 0.5) is 0 Å². The van der Waals surface area contributed by atoms with Gasteiger partial charge in [0, 0.05) is 72.2 Å². The molecule has 0 aliphatic carbocycles. The number of hydrogen-bond donors (Lipinski definition) is 1. The van der Waals surface area contributed by atoms with E-state index >= 15 is 0 Å². The number of aliphatic carboxylic acids is 1. The number of nitrogens with zero attached hydrogens (tertiary/aromatic N) is 5. The van der Waals surface area contributed by atoms with Crippen LogP contribution in [-0.4, -0.2) is 102 Å². The Kier molecular flexibility index (Phi) is 10.6. The van der Waals surface area contributed by atoms with E-state index in [0.717, 1.165) is 51.4 Å². The maximum absolute atomic E-state index is 12.5. The first-order valence-electron chi connectivity index (χ1n) is 14.7. The minimum atomic E-state index is -3.46. The molecule has 2 aliphatic heterocycles. The van der Waals surface area contributed by atoms with Crippen LogP contribution in [0.1, 0.15) is 37.5 Å². The van der Waals surface area contributed by atoms with Gasteiger partial charge in [0.1, 0.15) is 6.17 Å². The molecule has 4 rings (SSSR count). The SMILES string of the molecule is CCN(Cc1ccc(CN2CCN(C3C(C(=O)O)=CC=CN3C(C)C)CC2)cc1)Cc1cccc(S(=O)(=O)N(C)C)c1. The van der Waals surface area contributed by atoms with Crippen LogP contribution in [0.2, 0.25) is 0 Å². The highest BCUT2D eigenvalue weighted by molar-refractivity contribution is 7.89. The van der Waals surface area contributed by atoms with Crippen molar-refractivity contribution in [3.63, 3.8) is 0 Å². The van der Waals surface area contributed by atoms with Crippen LogP contribution in [0.15, 0.2) is 77.4 Å². The monoisotopic (exact) mass is 595 g/mol. The number of allylic oxidation sites excluding steroid dienone is 2. The zero-order valence-electron chi connectivity index (χ0n) is 25.5. The van der Waals surface area contributed by atoms with Crippen molar-refractivity contribution in [1.29, 1.82) is 0 Å². The second kappa shape index (κ2) is 14.0. The van der Waals surface area contributed by atoms with Crippen molar-refractivity contribution in [2.24, 2.45) is 0 Å². The molecule has 2 heterocycles. The highest BCUT2D eigenvalue weighted by Crippen LogP contribution is 2.25. The normalized spacial score (nSPS) is 18.7. The van der Waals surface area contributed by atoms with Gasteiger partial charge in [-0.1, -0.05) is 43.3 Å². The minimum Gasteiger partial charge on any atom is -0.478 e. The molecule has 2 aromatic carbocycles. The molecule has 0 bridgehead atoms. The summed E-state index contributed by atoms with van der Waals surface area (Å²) < 4.78 is 26.3. The van der Waals surface area contributed by atoms with E-state index in [1.807, 2.05) is 24.4 Å². The molecule has 0 saturated carbocycles. The van der Waals surface area contributed by atoms with E-state index in [0.29, 0.717) is 17.0 Å². The first-order valence-corrected chi connectivity index (χ1v) is 16.1. The van der Waals surface area contributed by atoms with Gasteiger partial charge in [0.2, 0.25) is 10.0 Å². The quantitative estimate of drug-likeness (QED) is 0.398. The molecule has 1 N–H and O–H groups in total. The Labute approximate surface area is 251 Å². The molecule has 0 aromatic heterocycles. The summed E-state index contributed by atoms with van der Waals surface area (Å²) in [4.78, 5) is 21.4. The van der Waals surface area contributed by atoms with E-state index in [4.69, 9.17) is 0 Å². The van der Waals surface area contributed by atoms with Gasteiger partial charge in [-0.15, -0.1) is 0 Å². The summed E-state index contributed by atoms with van der Waals surface area (Å²) in [5.74, 6) is -0.857. The number of carboxylic acids is 1. The Bertz CT molecular complexity index is 1380. The average molecular weight is 596 g/mol. The van der Waals surface area contributed by atoms with Gasteiger partial charge in [-0.25, -0.2) is 17.5 Å². The summed E-state index contributed by atoms with van der Waals surface area (Å²) in [5, 5.41) is 9.82. The topological polar surface area (TPSA) is 87.6 Å². The number of sulfonamides is 1. The van der Waals surface area contributed by atoms with Gasteiger partial charge in [-0.2, -0.15) is 0 Å². The Morgan fingerprint density at radius 1 is 0.976 bits per heavy atom. The van der Waals surface area contributed by atoms with Gasteiger partial charge in [0.15, 0.2) is 0 Å². The van der Waals surface area contributed by atoms with Crippen molar-refractivity contribution in [2.75, 3.05) is 46.8 Å². The van der Waals surface area contributed by atoms with Gasteiger partial charge in [-0.05, 0) is 61.4 Å². The van der Waals surface area contributed by atoms with Crippen molar-refractivity contribution in [2.45, 2.75) is 57.5 Å². The van der Waals surface area contributed by atoms with E-state index in [2.05, 4.69) is 64.6 Å². The third kappa shape index (κ3) is 7.67. The zero-order valence-corrected chi connectivity index (χ0v) is 26.3. The Morgan fingerprint density at radius 2 is 1.62 bits per heavy atom. The van der Waals surface area contributed by atoms with Crippen LogP contribution in [0, 0.1) is 0 Å². The highest BCUT2D eigenvalue weighted by atomic mass is 32.2. The van der Waals surface area contributed by atoms with E-state index in [9.17, 15) is 18.3 Å². The predicted octanol–water partition coefficient (Wildman–Crippen LogP) is 3.65. The fraction of sp³-hybridized carbons (Fsp3) is 0.469. The first-order chi connectivity index (χ1) is 20.0. The fourth-order valence-corrected chi connectivity index (χ4v) is 6.55. The molecule has 2 aliphatic rings. The Morgan fingerprint density at radius 3 is 2.21 bits per heavy atom. The summed E-state index contributed by atoms with van der Waals surface area (Å²) >= 11 is 0. The molecule has 228 valence electrons. The second-order valence-electron chi connectivity index (χ2n) is 11.6. The third-order valence-corrected chi connectivity index (χ3v) is 9.87. The second-order valence-corrected chi connectivity index (χ2v) is 13.7. The standard InChI is InChI=1S/C32H45N5O4S/c1-6-34(24-28-9-7-10-29(21-28)42(40,41)33(4)5)22-26-12-14-27(15-13-26)23-35-17-19-36(20-18-35)31-30(32(38)39)11-8-16-37(31)25(2)3/h7-16,21,25,31H,6,17-20,22-24H2,1-5H3,(H,38,39). The smallest absolute Gasteiger partial charge is 0.335 e. The predicted molar refractivity (Wildman–Crippen MR) is 166 cm³/mol. The van der Waals surface area contributed by atoms with Crippen molar-refractivity contribution in [3.8, 4) is 0 Å². The maximum Gasteiger partial charge on any atom is 0.335 e. The van der Waals surface area contributed by atoms with Crippen LogP contribution < -0.4 is 0 Å². The molecule has 1 saturated heterocycles. The van der Waals surface area contributed by atoms with Crippen LogP contribution in [0.5, 0.6) is 0 Å². The first kappa shape index (κ1) is 31.9. The van der Waals surface area contributed by atoms with Crippen LogP contribution in [0.25, 0.3) is 0 Å². The summed E-state index contributed by atoms with van der Waals surface area (Å²) in [6.45, 7) is 12.9. The lowest BCUT2D eigenvalue weighted by atomic mass is 10.0. The third-order valence-electron chi connectivity index (χ3n) is 8.06. The number of hydrogen-bond acceptors (Lipinski definition) is 7. The van der Waals surface area contributed by atoms with E-state index in [-0.39, 0.29) is 12.2 Å². The van der Waals surface area contributed by atoms with Gasteiger partial charge < -0.3 is 10.0 Å². The van der Waals surface area contributed by atoms with Gasteiger partial charge in [-0.3, -0.25) is 14.7 Å². The maximum atomic E-state index is 12.5. The molecule has 1 unspecified atom stereocenters. The summed E-state index contributed by atoms with van der Waals surface area (Å²) in [6.07, 6.45) is 5.32. The molecule has 0 radical (unpaired) electrons. The Hall–Kier alpha value is -3.02. The van der Waals surface area contributed by atoms with Crippen LogP contribution >= 0.6 is 0 Å². The largest absolute Gasteiger partial charge is 0.478 e. The summed E-state index contributed by atoms with van der Waals surface area (Å²) in [5.41, 5.74) is 3.88. The van der Waals surface area contributed by atoms with Gasteiger partial charge in [0.25, 0.3) is 0 Å². The van der Waals surface area contributed by atoms with Crippen molar-refractivity contribution >= 4 is 16.0 Å². The van der Waals surface area contributed by atoms with E-state index in [1.54, 1.807) is 32.3 Å². The number of carbonyl (C=O) groups is 1. The summed E-state index contributed by atoms with van der Waals surface area (Å²) in [6, 6.07) is 16.2. The lowest BCUT2D eigenvalue weighted by Crippen LogP contribution is -2.57. The van der Waals surface area contributed by atoms with Gasteiger partial charge >= 0.3 is 5.97 Å². The number of piperazine rings is 1. The molecule has 2 aromatic rings. The van der Waals surface area contributed by atoms with E-state index in [1.165, 1.54) is 15.4 Å². The van der Waals surface area contributed by atoms with Crippen molar-refractivity contribution in [3.05, 3.63) is 89.1 Å². The lowest BCUT2D eigenvalue weighted by molar-refractivity contribution is -0.134. The molecule has 10 heteroatoms. The zero-order chi connectivity index (χ0) is 30.4. The van der Waals surface area contributed by atoms with Crippen molar-refractivity contribution in [1.82, 2.24) is 23.9 Å². The summed E-state index contributed by atoms with van der Waals surface area (Å²) in [7, 11) is -0.362. The molecule has 0 amide bonds. The lowest BCUT2D eigenvalue weighted by Gasteiger charge is -2.46. The molecule has 9 nitrogen and oxygen atoms in total. The highest BCUT2D eigenvalue weighted by Gasteiger charge is 2.35. The molecular formula is C32H45N5O4S. The fourth-order valence-electron chi connectivity index (χ4n) is 5.58.